The van der Waals surface area contributed by atoms with E-state index in [9.17, 15) is 5.26 Å². The van der Waals surface area contributed by atoms with E-state index in [1.165, 1.54) is 31.9 Å². The number of aryl methyl sites for hydroxylation is 1. The van der Waals surface area contributed by atoms with E-state index in [0.717, 1.165) is 10.6 Å². The Labute approximate surface area is 130 Å². The Bertz CT molecular complexity index is 886. The molecule has 0 bridgehead atoms. The predicted molar refractivity (Wildman–Crippen MR) is 85.6 cm³/mol. The summed E-state index contributed by atoms with van der Waals surface area (Å²) in [5.41, 5.74) is 1.23. The molecule has 0 unspecified atom stereocenters. The van der Waals surface area contributed by atoms with Gasteiger partial charge < -0.3 is 9.47 Å². The number of nitrogens with zero attached hydrogens (tertiary/aromatic N) is 1. The molecule has 0 fully saturated rings. The first-order valence-corrected chi connectivity index (χ1v) is 8.24. The van der Waals surface area contributed by atoms with Crippen molar-refractivity contribution < 1.29 is 9.47 Å². The van der Waals surface area contributed by atoms with Gasteiger partial charge in [0.2, 0.25) is 0 Å². The Morgan fingerprint density at radius 3 is 2.57 bits per heavy atom. The van der Waals surface area contributed by atoms with Crippen molar-refractivity contribution in [3.8, 4) is 27.3 Å². The summed E-state index contributed by atoms with van der Waals surface area (Å²) in [4.78, 5) is 2.78. The summed E-state index contributed by atoms with van der Waals surface area (Å²) in [7, 11) is 0. The Morgan fingerprint density at radius 1 is 1.05 bits per heavy atom. The van der Waals surface area contributed by atoms with Crippen molar-refractivity contribution in [3.05, 3.63) is 34.7 Å². The fourth-order valence-electron chi connectivity index (χ4n) is 2.56. The van der Waals surface area contributed by atoms with E-state index in [4.69, 9.17) is 9.47 Å². The van der Waals surface area contributed by atoms with Gasteiger partial charge in [-0.15, -0.1) is 22.7 Å². The summed E-state index contributed by atoms with van der Waals surface area (Å²) in [5, 5.41) is 10.6. The van der Waals surface area contributed by atoms with Crippen molar-refractivity contribution in [1.29, 1.82) is 5.26 Å². The lowest BCUT2D eigenvalue weighted by Crippen LogP contribution is -2.14. The fourth-order valence-corrected chi connectivity index (χ4v) is 4.94. The van der Waals surface area contributed by atoms with Crippen LogP contribution in [0.25, 0.3) is 19.8 Å². The third-order valence-corrected chi connectivity index (χ3v) is 6.04. The van der Waals surface area contributed by atoms with Crippen LogP contribution in [-0.2, 0) is 0 Å². The zero-order valence-corrected chi connectivity index (χ0v) is 12.9. The van der Waals surface area contributed by atoms with Crippen molar-refractivity contribution in [2.45, 2.75) is 6.92 Å². The average Bonchev–Trinajstić information content (AvgIpc) is 3.06. The van der Waals surface area contributed by atoms with Gasteiger partial charge in [-0.2, -0.15) is 5.26 Å². The van der Waals surface area contributed by atoms with Crippen LogP contribution in [-0.4, -0.2) is 13.2 Å². The van der Waals surface area contributed by atoms with Gasteiger partial charge in [-0.25, -0.2) is 0 Å². The lowest BCUT2D eigenvalue weighted by molar-refractivity contribution is 0.174. The van der Waals surface area contributed by atoms with Crippen molar-refractivity contribution in [2.75, 3.05) is 13.2 Å². The molecule has 0 radical (unpaired) electrons. The molecular weight excluding hydrogens is 302 g/mol. The molecular formula is C16H11NO2S2. The van der Waals surface area contributed by atoms with Crippen molar-refractivity contribution in [1.82, 2.24) is 0 Å². The van der Waals surface area contributed by atoms with Gasteiger partial charge in [-0.1, -0.05) is 18.2 Å². The number of hydrogen-bond donors (Lipinski definition) is 0. The predicted octanol–water partition coefficient (Wildman–Crippen LogP) is 4.58. The van der Waals surface area contributed by atoms with E-state index in [0.29, 0.717) is 23.8 Å². The van der Waals surface area contributed by atoms with E-state index in [1.807, 2.05) is 6.07 Å². The van der Waals surface area contributed by atoms with Gasteiger partial charge in [0.05, 0.1) is 9.75 Å². The minimum Gasteiger partial charge on any atom is -0.485 e. The SMILES string of the molecule is Cc1c(-c2sc(C#N)c3c2OCCO3)sc2ccccc12. The molecule has 2 aromatic heterocycles. The van der Waals surface area contributed by atoms with Crippen LogP contribution in [0.15, 0.2) is 24.3 Å². The molecule has 0 N–H and O–H groups in total. The summed E-state index contributed by atoms with van der Waals surface area (Å²) in [6.45, 7) is 3.16. The summed E-state index contributed by atoms with van der Waals surface area (Å²) in [6.07, 6.45) is 0. The van der Waals surface area contributed by atoms with Gasteiger partial charge in [-0.3, -0.25) is 0 Å². The number of rotatable bonds is 1. The fraction of sp³-hybridized carbons (Fsp3) is 0.188. The topological polar surface area (TPSA) is 42.2 Å². The van der Waals surface area contributed by atoms with Gasteiger partial charge in [0.25, 0.3) is 0 Å². The second-order valence-electron chi connectivity index (χ2n) is 4.78. The third-order valence-electron chi connectivity index (χ3n) is 3.55. The standard InChI is InChI=1S/C16H11NO2S2/c1-9-10-4-2-3-5-11(10)20-15(9)16-14-13(12(8-17)21-16)18-6-7-19-14/h2-5H,6-7H2,1H3. The second kappa shape index (κ2) is 4.76. The van der Waals surface area contributed by atoms with Crippen LogP contribution in [0.4, 0.5) is 0 Å². The molecule has 0 saturated carbocycles. The third kappa shape index (κ3) is 1.84. The Morgan fingerprint density at radius 2 is 1.81 bits per heavy atom. The lowest BCUT2D eigenvalue weighted by atomic mass is 10.1. The first-order chi connectivity index (χ1) is 10.3. The maximum absolute atomic E-state index is 9.29. The minimum absolute atomic E-state index is 0.503. The summed E-state index contributed by atoms with van der Waals surface area (Å²) in [5.74, 6) is 1.35. The molecule has 4 rings (SSSR count). The molecule has 3 nitrogen and oxygen atoms in total. The molecule has 1 aliphatic rings. The van der Waals surface area contributed by atoms with E-state index >= 15 is 0 Å². The maximum atomic E-state index is 9.29. The van der Waals surface area contributed by atoms with Crippen LogP contribution in [0.2, 0.25) is 0 Å². The molecule has 3 aromatic rings. The normalized spacial score (nSPS) is 13.3. The molecule has 21 heavy (non-hydrogen) atoms. The number of thiophene rings is 2. The highest BCUT2D eigenvalue weighted by Crippen LogP contribution is 2.52. The number of benzene rings is 1. The molecule has 0 aliphatic carbocycles. The second-order valence-corrected chi connectivity index (χ2v) is 6.85. The molecule has 0 spiro atoms. The summed E-state index contributed by atoms with van der Waals surface area (Å²) in [6, 6.07) is 10.6. The van der Waals surface area contributed by atoms with Crippen LogP contribution in [0.5, 0.6) is 11.5 Å². The molecule has 104 valence electrons. The molecule has 1 aliphatic heterocycles. The first-order valence-electron chi connectivity index (χ1n) is 6.60. The zero-order chi connectivity index (χ0) is 14.4. The number of ether oxygens (including phenoxy) is 2. The highest BCUT2D eigenvalue weighted by molar-refractivity contribution is 7.26. The zero-order valence-electron chi connectivity index (χ0n) is 11.3. The summed E-state index contributed by atoms with van der Waals surface area (Å²) >= 11 is 3.20. The highest BCUT2D eigenvalue weighted by atomic mass is 32.1. The van der Waals surface area contributed by atoms with Crippen LogP contribution < -0.4 is 9.47 Å². The van der Waals surface area contributed by atoms with Crippen LogP contribution in [0.3, 0.4) is 0 Å². The smallest absolute Gasteiger partial charge is 0.190 e. The largest absolute Gasteiger partial charge is 0.485 e. The number of hydrogen-bond acceptors (Lipinski definition) is 5. The van der Waals surface area contributed by atoms with Crippen molar-refractivity contribution in [2.24, 2.45) is 0 Å². The molecule has 1 aromatic carbocycles. The molecule has 0 saturated heterocycles. The van der Waals surface area contributed by atoms with Crippen LogP contribution >= 0.6 is 22.7 Å². The average molecular weight is 313 g/mol. The van der Waals surface area contributed by atoms with E-state index < -0.39 is 0 Å². The number of nitriles is 1. The monoisotopic (exact) mass is 313 g/mol. The van der Waals surface area contributed by atoms with E-state index in [2.05, 4.69) is 31.2 Å². The number of fused-ring (bicyclic) bond motifs is 2. The molecule has 5 heteroatoms. The Hall–Kier alpha value is -2.03. The minimum atomic E-state index is 0.503. The quantitative estimate of drug-likeness (QED) is 0.660. The van der Waals surface area contributed by atoms with E-state index in [1.54, 1.807) is 11.3 Å². The van der Waals surface area contributed by atoms with Gasteiger partial charge in [0.15, 0.2) is 16.4 Å². The van der Waals surface area contributed by atoms with Gasteiger partial charge >= 0.3 is 0 Å². The van der Waals surface area contributed by atoms with E-state index in [-0.39, 0.29) is 0 Å². The van der Waals surface area contributed by atoms with Crippen molar-refractivity contribution in [3.63, 3.8) is 0 Å². The van der Waals surface area contributed by atoms with Gasteiger partial charge in [0.1, 0.15) is 19.3 Å². The van der Waals surface area contributed by atoms with Crippen LogP contribution in [0, 0.1) is 18.3 Å². The Kier molecular flexibility index (Phi) is 2.88. The van der Waals surface area contributed by atoms with Crippen LogP contribution in [0.1, 0.15) is 10.4 Å². The summed E-state index contributed by atoms with van der Waals surface area (Å²) < 4.78 is 12.7. The Balaban J connectivity index is 1.99. The molecule has 0 amide bonds. The molecule has 0 atom stereocenters. The van der Waals surface area contributed by atoms with Crippen molar-refractivity contribution >= 4 is 32.8 Å². The first kappa shape index (κ1) is 12.7. The highest BCUT2D eigenvalue weighted by Gasteiger charge is 2.27. The molecule has 3 heterocycles. The lowest BCUT2D eigenvalue weighted by Gasteiger charge is -2.16. The van der Waals surface area contributed by atoms with Gasteiger partial charge in [0, 0.05) is 4.70 Å². The maximum Gasteiger partial charge on any atom is 0.190 e. The van der Waals surface area contributed by atoms with Gasteiger partial charge in [-0.05, 0) is 23.9 Å².